The maximum atomic E-state index is 12.9. The molecular formula is C19H28N2O2. The van der Waals surface area contributed by atoms with Gasteiger partial charge in [-0.2, -0.15) is 4.99 Å². The molecule has 4 heteroatoms. The predicted octanol–water partition coefficient (Wildman–Crippen LogP) is 4.38. The predicted molar refractivity (Wildman–Crippen MR) is 93.6 cm³/mol. The third kappa shape index (κ3) is 3.57. The molecule has 4 nitrogen and oxygen atoms in total. The summed E-state index contributed by atoms with van der Waals surface area (Å²) in [5, 5.41) is 0. The average Bonchev–Trinajstić information content (AvgIpc) is 2.77. The Labute approximate surface area is 139 Å². The summed E-state index contributed by atoms with van der Waals surface area (Å²) in [6, 6.07) is 10.0. The lowest BCUT2D eigenvalue weighted by atomic mass is 9.88. The van der Waals surface area contributed by atoms with E-state index in [1.165, 1.54) is 0 Å². The van der Waals surface area contributed by atoms with Crippen LogP contribution >= 0.6 is 0 Å². The minimum absolute atomic E-state index is 0.0218. The minimum atomic E-state index is -0.453. The summed E-state index contributed by atoms with van der Waals surface area (Å²) in [5.74, 6) is 0.322. The molecule has 2 rings (SSSR count). The molecule has 1 heterocycles. The molecule has 1 fully saturated rings. The maximum Gasteiger partial charge on any atom is 0.300 e. The van der Waals surface area contributed by atoms with Crippen molar-refractivity contribution in [3.8, 4) is 0 Å². The molecule has 0 aromatic heterocycles. The van der Waals surface area contributed by atoms with E-state index in [-0.39, 0.29) is 23.8 Å². The monoisotopic (exact) mass is 316 g/mol. The highest BCUT2D eigenvalue weighted by Crippen LogP contribution is 2.36. The van der Waals surface area contributed by atoms with Gasteiger partial charge in [0.1, 0.15) is 5.60 Å². The normalized spacial score (nSPS) is 23.2. The number of para-hydroxylation sites is 1. The van der Waals surface area contributed by atoms with Gasteiger partial charge >= 0.3 is 0 Å². The third-order valence-electron chi connectivity index (χ3n) is 4.43. The van der Waals surface area contributed by atoms with Crippen molar-refractivity contribution in [2.45, 2.75) is 59.6 Å². The zero-order valence-electron chi connectivity index (χ0n) is 15.0. The molecule has 1 saturated heterocycles. The molecule has 1 aliphatic heterocycles. The van der Waals surface area contributed by atoms with Crippen molar-refractivity contribution in [3.63, 3.8) is 0 Å². The van der Waals surface area contributed by atoms with Gasteiger partial charge in [0, 0.05) is 5.92 Å². The lowest BCUT2D eigenvalue weighted by Gasteiger charge is -2.32. The Hall–Kier alpha value is -1.84. The van der Waals surface area contributed by atoms with Crippen LogP contribution in [0.3, 0.4) is 0 Å². The first-order valence-corrected chi connectivity index (χ1v) is 8.43. The quantitative estimate of drug-likeness (QED) is 0.827. The number of amides is 1. The molecule has 0 radical (unpaired) electrons. The lowest BCUT2D eigenvalue weighted by Crippen LogP contribution is -2.49. The molecule has 1 amide bonds. The zero-order valence-corrected chi connectivity index (χ0v) is 15.0. The molecule has 23 heavy (non-hydrogen) atoms. The standard InChI is InChI=1S/C19H28N2O2/c1-7-14(4)17(22)21-16(13(2)3)19(5,6)23-18(21)20-15-11-9-8-10-12-15/h8-14,16H,7H2,1-6H3/t14-,16+/m1/s1. The van der Waals surface area contributed by atoms with Gasteiger partial charge in [0.25, 0.3) is 6.02 Å². The van der Waals surface area contributed by atoms with Gasteiger partial charge in [-0.1, -0.05) is 45.9 Å². The van der Waals surface area contributed by atoms with Crippen molar-refractivity contribution in [1.82, 2.24) is 4.90 Å². The van der Waals surface area contributed by atoms with E-state index >= 15 is 0 Å². The molecule has 0 saturated carbocycles. The van der Waals surface area contributed by atoms with Gasteiger partial charge in [0.15, 0.2) is 0 Å². The molecule has 0 aliphatic carbocycles. The van der Waals surface area contributed by atoms with Gasteiger partial charge in [0.05, 0.1) is 11.7 Å². The van der Waals surface area contributed by atoms with Crippen LogP contribution in [0.4, 0.5) is 5.69 Å². The maximum absolute atomic E-state index is 12.9. The van der Waals surface area contributed by atoms with E-state index in [0.29, 0.717) is 6.02 Å². The number of carbonyl (C=O) groups excluding carboxylic acids is 1. The second-order valence-corrected chi connectivity index (χ2v) is 7.14. The number of nitrogens with zero attached hydrogens (tertiary/aromatic N) is 2. The Balaban J connectivity index is 2.47. The number of aliphatic imine (C=N–C) groups is 1. The first-order valence-electron chi connectivity index (χ1n) is 8.43. The number of benzene rings is 1. The summed E-state index contributed by atoms with van der Waals surface area (Å²) in [7, 11) is 0. The summed E-state index contributed by atoms with van der Waals surface area (Å²) in [6.07, 6.45) is 0.805. The topological polar surface area (TPSA) is 41.9 Å². The molecule has 0 unspecified atom stereocenters. The number of ether oxygens (including phenoxy) is 1. The molecule has 0 spiro atoms. The Morgan fingerprint density at radius 3 is 2.39 bits per heavy atom. The second kappa shape index (κ2) is 6.73. The molecule has 1 aromatic rings. The van der Waals surface area contributed by atoms with E-state index in [2.05, 4.69) is 18.8 Å². The Morgan fingerprint density at radius 2 is 1.87 bits per heavy atom. The summed E-state index contributed by atoms with van der Waals surface area (Å²) >= 11 is 0. The summed E-state index contributed by atoms with van der Waals surface area (Å²) in [4.78, 5) is 19.3. The van der Waals surface area contributed by atoms with Gasteiger partial charge in [0.2, 0.25) is 5.91 Å². The molecule has 126 valence electrons. The Morgan fingerprint density at radius 1 is 1.26 bits per heavy atom. The molecule has 0 N–H and O–H groups in total. The fraction of sp³-hybridized carbons (Fsp3) is 0.579. The van der Waals surface area contributed by atoms with E-state index in [4.69, 9.17) is 4.74 Å². The fourth-order valence-electron chi connectivity index (χ4n) is 3.21. The van der Waals surface area contributed by atoms with Gasteiger partial charge in [-0.15, -0.1) is 0 Å². The molecule has 0 bridgehead atoms. The van der Waals surface area contributed by atoms with Crippen molar-refractivity contribution in [3.05, 3.63) is 30.3 Å². The first-order chi connectivity index (χ1) is 10.8. The van der Waals surface area contributed by atoms with Crippen LogP contribution in [0.1, 0.15) is 48.0 Å². The van der Waals surface area contributed by atoms with Crippen molar-refractivity contribution < 1.29 is 9.53 Å². The molecule has 1 aliphatic rings. The highest BCUT2D eigenvalue weighted by Gasteiger charge is 2.51. The smallest absolute Gasteiger partial charge is 0.300 e. The number of hydrogen-bond acceptors (Lipinski definition) is 3. The van der Waals surface area contributed by atoms with E-state index < -0.39 is 5.60 Å². The summed E-state index contributed by atoms with van der Waals surface area (Å²) < 4.78 is 6.11. The lowest BCUT2D eigenvalue weighted by molar-refractivity contribution is -0.133. The number of carbonyl (C=O) groups is 1. The van der Waals surface area contributed by atoms with Crippen LogP contribution < -0.4 is 0 Å². The van der Waals surface area contributed by atoms with Gasteiger partial charge < -0.3 is 4.74 Å². The highest BCUT2D eigenvalue weighted by molar-refractivity contribution is 5.98. The zero-order chi connectivity index (χ0) is 17.2. The minimum Gasteiger partial charge on any atom is -0.456 e. The van der Waals surface area contributed by atoms with Gasteiger partial charge in [-0.3, -0.25) is 9.69 Å². The van der Waals surface area contributed by atoms with Crippen LogP contribution in [0.25, 0.3) is 0 Å². The van der Waals surface area contributed by atoms with E-state index in [1.54, 1.807) is 4.90 Å². The van der Waals surface area contributed by atoms with Crippen molar-refractivity contribution in [2.24, 2.45) is 16.8 Å². The van der Waals surface area contributed by atoms with E-state index in [0.717, 1.165) is 12.1 Å². The van der Waals surface area contributed by atoms with Crippen molar-refractivity contribution >= 4 is 17.6 Å². The molecule has 2 atom stereocenters. The molecular weight excluding hydrogens is 288 g/mol. The largest absolute Gasteiger partial charge is 0.456 e. The number of hydrogen-bond donors (Lipinski definition) is 0. The average molecular weight is 316 g/mol. The third-order valence-corrected chi connectivity index (χ3v) is 4.43. The van der Waals surface area contributed by atoms with E-state index in [1.807, 2.05) is 58.0 Å². The van der Waals surface area contributed by atoms with E-state index in [9.17, 15) is 4.79 Å². The van der Waals surface area contributed by atoms with Crippen LogP contribution in [-0.2, 0) is 9.53 Å². The second-order valence-electron chi connectivity index (χ2n) is 7.14. The van der Waals surface area contributed by atoms with Crippen molar-refractivity contribution in [1.29, 1.82) is 0 Å². The summed E-state index contributed by atoms with van der Waals surface area (Å²) in [6.45, 7) is 12.3. The highest BCUT2D eigenvalue weighted by atomic mass is 16.5. The van der Waals surface area contributed by atoms with Gasteiger partial charge in [-0.25, -0.2) is 0 Å². The number of amidine groups is 1. The number of rotatable bonds is 4. The van der Waals surface area contributed by atoms with Gasteiger partial charge in [-0.05, 0) is 38.3 Å². The van der Waals surface area contributed by atoms with Crippen LogP contribution in [-0.4, -0.2) is 28.5 Å². The van der Waals surface area contributed by atoms with Crippen LogP contribution in [0, 0.1) is 11.8 Å². The van der Waals surface area contributed by atoms with Crippen LogP contribution in [0.5, 0.6) is 0 Å². The Bertz CT molecular complexity index is 578. The fourth-order valence-corrected chi connectivity index (χ4v) is 3.21. The summed E-state index contributed by atoms with van der Waals surface area (Å²) in [5.41, 5.74) is 0.343. The SMILES string of the molecule is CC[C@@H](C)C(=O)N1C(=Nc2ccccc2)OC(C)(C)[C@@H]1C(C)C. The van der Waals surface area contributed by atoms with Crippen LogP contribution in [0.15, 0.2) is 35.3 Å². The molecule has 1 aromatic carbocycles. The van der Waals surface area contributed by atoms with Crippen LogP contribution in [0.2, 0.25) is 0 Å². The Kier molecular flexibility index (Phi) is 5.12. The first kappa shape index (κ1) is 17.5. The van der Waals surface area contributed by atoms with Crippen molar-refractivity contribution in [2.75, 3.05) is 0 Å².